The molecule has 0 spiro atoms. The molecule has 0 radical (unpaired) electrons. The molecule has 0 aliphatic heterocycles. The van der Waals surface area contributed by atoms with Crippen LogP contribution in [0.4, 0.5) is 4.79 Å². The number of terminal acetylenes is 1. The van der Waals surface area contributed by atoms with Crippen molar-refractivity contribution in [2.45, 2.75) is 71.3 Å². The number of hydrogen-bond acceptors (Lipinski definition) is 5. The quantitative estimate of drug-likeness (QED) is 0.398. The minimum Gasteiger partial charge on any atom is -0.444 e. The van der Waals surface area contributed by atoms with Gasteiger partial charge in [-0.25, -0.2) is 4.79 Å². The molecule has 2 rings (SSSR count). The fourth-order valence-electron chi connectivity index (χ4n) is 3.97. The molecule has 0 saturated carbocycles. The number of ether oxygens (including phenoxy) is 1. The number of amides is 3. The lowest BCUT2D eigenvalue weighted by atomic mass is 9.96. The summed E-state index contributed by atoms with van der Waals surface area (Å²) in [6, 6.07) is 14.4. The second-order valence-corrected chi connectivity index (χ2v) is 11.1. The van der Waals surface area contributed by atoms with Gasteiger partial charge in [-0.15, -0.1) is 6.42 Å². The summed E-state index contributed by atoms with van der Waals surface area (Å²) >= 11 is 1.56. The number of alkyl carbamates (subject to hydrolysis) is 1. The second kappa shape index (κ2) is 14.5. The van der Waals surface area contributed by atoms with Gasteiger partial charge in [-0.3, -0.25) is 9.59 Å². The van der Waals surface area contributed by atoms with Crippen LogP contribution in [0.1, 0.15) is 63.8 Å². The first kappa shape index (κ1) is 30.8. The van der Waals surface area contributed by atoms with Crippen molar-refractivity contribution in [3.05, 3.63) is 71.3 Å². The van der Waals surface area contributed by atoms with Crippen LogP contribution in [0.15, 0.2) is 54.6 Å². The SMILES string of the molecule is C#Cc1ccccc1C(C(=O)NCc1ccccc1)N(C(=O)C(CCSC)NC(=O)OC(C)(C)C)C(C)C. The van der Waals surface area contributed by atoms with Crippen LogP contribution >= 0.6 is 11.8 Å². The summed E-state index contributed by atoms with van der Waals surface area (Å²) in [4.78, 5) is 42.1. The van der Waals surface area contributed by atoms with Crippen LogP contribution in [0.2, 0.25) is 0 Å². The van der Waals surface area contributed by atoms with Crippen molar-refractivity contribution in [1.29, 1.82) is 0 Å². The molecule has 3 amide bonds. The number of hydrogen-bond donors (Lipinski definition) is 2. The molecular formula is C30H39N3O4S. The average molecular weight is 538 g/mol. The van der Waals surface area contributed by atoms with E-state index in [0.29, 0.717) is 29.8 Å². The predicted molar refractivity (Wildman–Crippen MR) is 154 cm³/mol. The Kier molecular flexibility index (Phi) is 11.7. The van der Waals surface area contributed by atoms with Gasteiger partial charge in [-0.1, -0.05) is 54.5 Å². The average Bonchev–Trinajstić information content (AvgIpc) is 2.87. The van der Waals surface area contributed by atoms with E-state index in [1.54, 1.807) is 56.8 Å². The Morgan fingerprint density at radius 1 is 1.05 bits per heavy atom. The molecule has 2 unspecified atom stereocenters. The van der Waals surface area contributed by atoms with Gasteiger partial charge in [0.25, 0.3) is 0 Å². The fourth-order valence-corrected chi connectivity index (χ4v) is 4.44. The monoisotopic (exact) mass is 537 g/mol. The van der Waals surface area contributed by atoms with Crippen LogP contribution in [0.5, 0.6) is 0 Å². The van der Waals surface area contributed by atoms with Crippen molar-refractivity contribution in [2.75, 3.05) is 12.0 Å². The Labute approximate surface area is 231 Å². The van der Waals surface area contributed by atoms with Gasteiger partial charge in [-0.05, 0) is 70.2 Å². The number of nitrogens with zero attached hydrogens (tertiary/aromatic N) is 1. The number of thioether (sulfide) groups is 1. The van der Waals surface area contributed by atoms with E-state index >= 15 is 0 Å². The molecule has 0 aliphatic rings. The molecule has 2 aromatic carbocycles. The van der Waals surface area contributed by atoms with Crippen molar-refractivity contribution in [1.82, 2.24) is 15.5 Å². The molecule has 2 aromatic rings. The van der Waals surface area contributed by atoms with Crippen LogP contribution in [-0.2, 0) is 20.9 Å². The van der Waals surface area contributed by atoms with E-state index in [2.05, 4.69) is 16.6 Å². The van der Waals surface area contributed by atoms with Gasteiger partial charge < -0.3 is 20.3 Å². The zero-order valence-electron chi connectivity index (χ0n) is 23.1. The molecule has 0 saturated heterocycles. The lowest BCUT2D eigenvalue weighted by Crippen LogP contribution is -2.55. The molecule has 0 aliphatic carbocycles. The van der Waals surface area contributed by atoms with Crippen LogP contribution in [0, 0.1) is 12.3 Å². The predicted octanol–water partition coefficient (Wildman–Crippen LogP) is 4.91. The molecule has 0 heterocycles. The highest BCUT2D eigenvalue weighted by atomic mass is 32.2. The highest BCUT2D eigenvalue weighted by molar-refractivity contribution is 7.98. The van der Waals surface area contributed by atoms with Gasteiger partial charge in [0.15, 0.2) is 0 Å². The maximum absolute atomic E-state index is 14.1. The summed E-state index contributed by atoms with van der Waals surface area (Å²) < 4.78 is 5.42. The Hall–Kier alpha value is -3.44. The number of rotatable bonds is 11. The Balaban J connectivity index is 2.49. The van der Waals surface area contributed by atoms with Gasteiger partial charge >= 0.3 is 6.09 Å². The summed E-state index contributed by atoms with van der Waals surface area (Å²) in [5.74, 6) is 2.53. The van der Waals surface area contributed by atoms with Gasteiger partial charge in [0, 0.05) is 18.2 Å². The first-order valence-corrected chi connectivity index (χ1v) is 14.1. The van der Waals surface area contributed by atoms with Crippen molar-refractivity contribution in [3.8, 4) is 12.3 Å². The fraction of sp³-hybridized carbons (Fsp3) is 0.433. The van der Waals surface area contributed by atoms with E-state index < -0.39 is 23.8 Å². The zero-order chi connectivity index (χ0) is 28.3. The Morgan fingerprint density at radius 3 is 2.26 bits per heavy atom. The van der Waals surface area contributed by atoms with Crippen LogP contribution in [-0.4, -0.2) is 52.5 Å². The molecule has 38 heavy (non-hydrogen) atoms. The van der Waals surface area contributed by atoms with E-state index in [-0.39, 0.29) is 17.9 Å². The summed E-state index contributed by atoms with van der Waals surface area (Å²) in [6.07, 6.45) is 7.41. The molecule has 0 aromatic heterocycles. The standard InChI is InChI=1S/C30H39N3O4S/c1-8-23-16-12-13-17-24(23)26(27(34)31-20-22-14-10-9-11-15-22)33(21(2)3)28(35)25(18-19-38-7)32-29(36)37-30(4,5)6/h1,9-17,21,25-26H,18-20H2,2-7H3,(H,31,34)(H,32,36). The first-order valence-electron chi connectivity index (χ1n) is 12.7. The van der Waals surface area contributed by atoms with Gasteiger partial charge in [0.05, 0.1) is 0 Å². The Morgan fingerprint density at radius 2 is 1.68 bits per heavy atom. The van der Waals surface area contributed by atoms with Crippen molar-refractivity contribution in [2.24, 2.45) is 0 Å². The van der Waals surface area contributed by atoms with Crippen LogP contribution in [0.3, 0.4) is 0 Å². The minimum absolute atomic E-state index is 0.292. The third-order valence-corrected chi connectivity index (χ3v) is 6.30. The third kappa shape index (κ3) is 9.14. The molecule has 8 heteroatoms. The third-order valence-electron chi connectivity index (χ3n) is 5.66. The molecule has 204 valence electrons. The van der Waals surface area contributed by atoms with Crippen LogP contribution in [0.25, 0.3) is 0 Å². The zero-order valence-corrected chi connectivity index (χ0v) is 23.9. The number of benzene rings is 2. The summed E-state index contributed by atoms with van der Waals surface area (Å²) in [5, 5.41) is 5.71. The largest absolute Gasteiger partial charge is 0.444 e. The normalized spacial score (nSPS) is 12.7. The van der Waals surface area contributed by atoms with E-state index in [1.807, 2.05) is 50.4 Å². The summed E-state index contributed by atoms with van der Waals surface area (Å²) in [6.45, 7) is 9.25. The maximum atomic E-state index is 14.1. The molecule has 7 nitrogen and oxygen atoms in total. The van der Waals surface area contributed by atoms with Crippen molar-refractivity contribution < 1.29 is 19.1 Å². The highest BCUT2D eigenvalue weighted by Gasteiger charge is 2.38. The summed E-state index contributed by atoms with van der Waals surface area (Å²) in [5.41, 5.74) is 1.27. The van der Waals surface area contributed by atoms with Gasteiger partial charge in [0.1, 0.15) is 17.7 Å². The van der Waals surface area contributed by atoms with E-state index in [0.717, 1.165) is 5.56 Å². The second-order valence-electron chi connectivity index (χ2n) is 10.2. The summed E-state index contributed by atoms with van der Waals surface area (Å²) in [7, 11) is 0. The first-order chi connectivity index (χ1) is 18.0. The van der Waals surface area contributed by atoms with Crippen molar-refractivity contribution >= 4 is 29.7 Å². The topological polar surface area (TPSA) is 87.7 Å². The van der Waals surface area contributed by atoms with Gasteiger partial charge in [0.2, 0.25) is 11.8 Å². The van der Waals surface area contributed by atoms with E-state index in [4.69, 9.17) is 11.2 Å². The van der Waals surface area contributed by atoms with Gasteiger partial charge in [-0.2, -0.15) is 11.8 Å². The molecular weight excluding hydrogens is 498 g/mol. The van der Waals surface area contributed by atoms with Crippen LogP contribution < -0.4 is 10.6 Å². The molecule has 2 atom stereocenters. The van der Waals surface area contributed by atoms with E-state index in [1.165, 1.54) is 4.90 Å². The maximum Gasteiger partial charge on any atom is 0.408 e. The van der Waals surface area contributed by atoms with E-state index in [9.17, 15) is 14.4 Å². The number of nitrogens with one attached hydrogen (secondary N) is 2. The number of carbonyl (C=O) groups is 3. The molecule has 0 bridgehead atoms. The lowest BCUT2D eigenvalue weighted by Gasteiger charge is -2.37. The Bertz CT molecular complexity index is 1120. The molecule has 0 fully saturated rings. The smallest absolute Gasteiger partial charge is 0.408 e. The van der Waals surface area contributed by atoms with Crippen molar-refractivity contribution in [3.63, 3.8) is 0 Å². The highest BCUT2D eigenvalue weighted by Crippen LogP contribution is 2.28. The minimum atomic E-state index is -1.00. The lowest BCUT2D eigenvalue weighted by molar-refractivity contribution is -0.144. The molecule has 2 N–H and O–H groups in total. The number of carbonyl (C=O) groups excluding carboxylic acids is 3.